The summed E-state index contributed by atoms with van der Waals surface area (Å²) in [6.07, 6.45) is 3.57. The molecule has 1 amide bonds. The molecule has 1 aromatic rings. The van der Waals surface area contributed by atoms with E-state index >= 15 is 0 Å². The van der Waals surface area contributed by atoms with Gasteiger partial charge < -0.3 is 5.32 Å². The Morgan fingerprint density at radius 2 is 2.06 bits per heavy atom. The minimum Gasteiger partial charge on any atom is -0.349 e. The van der Waals surface area contributed by atoms with E-state index < -0.39 is 0 Å². The SMILES string of the molecule is Cc1ccncc1[C@@H](C)NC(=O)C(C)(C)C. The van der Waals surface area contributed by atoms with E-state index in [1.54, 1.807) is 6.20 Å². The molecule has 0 saturated heterocycles. The zero-order valence-electron chi connectivity index (χ0n) is 10.7. The predicted molar refractivity (Wildman–Crippen MR) is 65.0 cm³/mol. The van der Waals surface area contributed by atoms with Crippen LogP contribution in [0.5, 0.6) is 0 Å². The molecular formula is C13H20N2O. The van der Waals surface area contributed by atoms with Crippen molar-refractivity contribution in [3.05, 3.63) is 29.6 Å². The van der Waals surface area contributed by atoms with E-state index in [0.29, 0.717) is 0 Å². The zero-order chi connectivity index (χ0) is 12.3. The smallest absolute Gasteiger partial charge is 0.225 e. The van der Waals surface area contributed by atoms with Gasteiger partial charge in [0.05, 0.1) is 6.04 Å². The monoisotopic (exact) mass is 220 g/mol. The quantitative estimate of drug-likeness (QED) is 0.832. The van der Waals surface area contributed by atoms with Gasteiger partial charge in [-0.2, -0.15) is 0 Å². The maximum atomic E-state index is 11.8. The molecule has 0 aliphatic carbocycles. The predicted octanol–water partition coefficient (Wildman–Crippen LogP) is 2.61. The molecule has 3 heteroatoms. The molecule has 0 aromatic carbocycles. The van der Waals surface area contributed by atoms with Crippen molar-refractivity contribution < 1.29 is 4.79 Å². The molecule has 88 valence electrons. The van der Waals surface area contributed by atoms with Crippen LogP contribution < -0.4 is 5.32 Å². The molecule has 0 spiro atoms. The second-order valence-corrected chi connectivity index (χ2v) is 5.18. The van der Waals surface area contributed by atoms with Crippen LogP contribution in [0.3, 0.4) is 0 Å². The fourth-order valence-electron chi connectivity index (χ4n) is 1.42. The molecule has 0 radical (unpaired) electrons. The molecule has 16 heavy (non-hydrogen) atoms. The number of aryl methyl sites for hydroxylation is 1. The van der Waals surface area contributed by atoms with E-state index in [1.165, 1.54) is 0 Å². The van der Waals surface area contributed by atoms with Crippen LogP contribution in [0.25, 0.3) is 0 Å². The second kappa shape index (κ2) is 4.64. The summed E-state index contributed by atoms with van der Waals surface area (Å²) in [4.78, 5) is 15.9. The molecule has 0 unspecified atom stereocenters. The zero-order valence-corrected chi connectivity index (χ0v) is 10.7. The van der Waals surface area contributed by atoms with Gasteiger partial charge in [0.15, 0.2) is 0 Å². The third-order valence-corrected chi connectivity index (χ3v) is 2.57. The third kappa shape index (κ3) is 3.05. The van der Waals surface area contributed by atoms with Crippen molar-refractivity contribution >= 4 is 5.91 Å². The Bertz CT molecular complexity index is 380. The van der Waals surface area contributed by atoms with Crippen molar-refractivity contribution in [2.24, 2.45) is 5.41 Å². The van der Waals surface area contributed by atoms with E-state index in [4.69, 9.17) is 0 Å². The molecular weight excluding hydrogens is 200 g/mol. The molecule has 1 heterocycles. The molecule has 0 saturated carbocycles. The number of hydrogen-bond donors (Lipinski definition) is 1. The summed E-state index contributed by atoms with van der Waals surface area (Å²) in [6.45, 7) is 9.73. The normalized spacial score (nSPS) is 13.3. The fourth-order valence-corrected chi connectivity index (χ4v) is 1.42. The van der Waals surface area contributed by atoms with Gasteiger partial charge >= 0.3 is 0 Å². The number of hydrogen-bond acceptors (Lipinski definition) is 2. The van der Waals surface area contributed by atoms with Gasteiger partial charge in [-0.15, -0.1) is 0 Å². The standard InChI is InChI=1S/C13H20N2O/c1-9-6-7-14-8-11(9)10(2)15-12(16)13(3,4)5/h6-8,10H,1-5H3,(H,15,16)/t10-/m1/s1. The Kier molecular flexibility index (Phi) is 3.68. The molecule has 3 nitrogen and oxygen atoms in total. The van der Waals surface area contributed by atoms with Crippen LogP contribution in [-0.2, 0) is 4.79 Å². The van der Waals surface area contributed by atoms with Crippen molar-refractivity contribution in [2.75, 3.05) is 0 Å². The van der Waals surface area contributed by atoms with Gasteiger partial charge in [0.1, 0.15) is 0 Å². The van der Waals surface area contributed by atoms with Crippen molar-refractivity contribution in [1.82, 2.24) is 10.3 Å². The number of pyridine rings is 1. The first-order valence-electron chi connectivity index (χ1n) is 5.54. The van der Waals surface area contributed by atoms with E-state index in [-0.39, 0.29) is 17.4 Å². The number of aromatic nitrogens is 1. The topological polar surface area (TPSA) is 42.0 Å². The van der Waals surface area contributed by atoms with Gasteiger partial charge in [-0.1, -0.05) is 20.8 Å². The number of carbonyl (C=O) groups excluding carboxylic acids is 1. The lowest BCUT2D eigenvalue weighted by atomic mass is 9.94. The van der Waals surface area contributed by atoms with E-state index in [9.17, 15) is 4.79 Å². The summed E-state index contributed by atoms with van der Waals surface area (Å²) in [7, 11) is 0. The van der Waals surface area contributed by atoms with Crippen LogP contribution >= 0.6 is 0 Å². The van der Waals surface area contributed by atoms with Gasteiger partial charge in [0, 0.05) is 17.8 Å². The van der Waals surface area contributed by atoms with Crippen molar-refractivity contribution in [3.63, 3.8) is 0 Å². The lowest BCUT2D eigenvalue weighted by molar-refractivity contribution is -0.129. The first-order valence-corrected chi connectivity index (χ1v) is 5.54. The highest BCUT2D eigenvalue weighted by atomic mass is 16.2. The lowest BCUT2D eigenvalue weighted by Gasteiger charge is -2.22. The number of rotatable bonds is 2. The van der Waals surface area contributed by atoms with Gasteiger partial charge in [-0.05, 0) is 31.0 Å². The molecule has 0 bridgehead atoms. The average Bonchev–Trinajstić information content (AvgIpc) is 2.16. The van der Waals surface area contributed by atoms with E-state index in [0.717, 1.165) is 11.1 Å². The molecule has 1 aromatic heterocycles. The highest BCUT2D eigenvalue weighted by Crippen LogP contribution is 2.19. The number of amides is 1. The Balaban J connectivity index is 2.78. The first-order chi connectivity index (χ1) is 7.32. The maximum Gasteiger partial charge on any atom is 0.225 e. The van der Waals surface area contributed by atoms with Crippen molar-refractivity contribution in [1.29, 1.82) is 0 Å². The summed E-state index contributed by atoms with van der Waals surface area (Å²) < 4.78 is 0. The van der Waals surface area contributed by atoms with Gasteiger partial charge in [-0.25, -0.2) is 0 Å². The second-order valence-electron chi connectivity index (χ2n) is 5.18. The molecule has 1 atom stereocenters. The van der Waals surface area contributed by atoms with Crippen LogP contribution in [0.2, 0.25) is 0 Å². The molecule has 1 N–H and O–H groups in total. The summed E-state index contributed by atoms with van der Waals surface area (Å²) >= 11 is 0. The Morgan fingerprint density at radius 1 is 1.44 bits per heavy atom. The van der Waals surface area contributed by atoms with Crippen LogP contribution in [0.1, 0.15) is 44.9 Å². The van der Waals surface area contributed by atoms with Gasteiger partial charge in [-0.3, -0.25) is 9.78 Å². The number of nitrogens with zero attached hydrogens (tertiary/aromatic N) is 1. The first kappa shape index (κ1) is 12.7. The summed E-state index contributed by atoms with van der Waals surface area (Å²) in [5.41, 5.74) is 1.86. The third-order valence-electron chi connectivity index (χ3n) is 2.57. The van der Waals surface area contributed by atoms with Crippen LogP contribution in [-0.4, -0.2) is 10.9 Å². The van der Waals surface area contributed by atoms with Crippen molar-refractivity contribution in [2.45, 2.75) is 40.7 Å². The highest BCUT2D eigenvalue weighted by molar-refractivity contribution is 5.81. The van der Waals surface area contributed by atoms with Crippen LogP contribution in [0, 0.1) is 12.3 Å². The Labute approximate surface area is 97.3 Å². The minimum atomic E-state index is -0.357. The average molecular weight is 220 g/mol. The maximum absolute atomic E-state index is 11.8. The fraction of sp³-hybridized carbons (Fsp3) is 0.538. The summed E-state index contributed by atoms with van der Waals surface area (Å²) in [6, 6.07) is 1.95. The van der Waals surface area contributed by atoms with E-state index in [2.05, 4.69) is 10.3 Å². The minimum absolute atomic E-state index is 0.000394. The van der Waals surface area contributed by atoms with Crippen LogP contribution in [0.15, 0.2) is 18.5 Å². The molecule has 0 aliphatic rings. The van der Waals surface area contributed by atoms with Gasteiger partial charge in [0.2, 0.25) is 5.91 Å². The summed E-state index contributed by atoms with van der Waals surface area (Å²) in [5.74, 6) is 0.0586. The Hall–Kier alpha value is -1.38. The number of carbonyl (C=O) groups is 1. The molecule has 0 aliphatic heterocycles. The molecule has 1 rings (SSSR count). The van der Waals surface area contributed by atoms with Crippen LogP contribution in [0.4, 0.5) is 0 Å². The molecule has 0 fully saturated rings. The lowest BCUT2D eigenvalue weighted by Crippen LogP contribution is -2.36. The van der Waals surface area contributed by atoms with Gasteiger partial charge in [0.25, 0.3) is 0 Å². The Morgan fingerprint density at radius 3 is 2.56 bits per heavy atom. The summed E-state index contributed by atoms with van der Waals surface area (Å²) in [5, 5.41) is 3.00. The number of nitrogens with one attached hydrogen (secondary N) is 1. The highest BCUT2D eigenvalue weighted by Gasteiger charge is 2.23. The van der Waals surface area contributed by atoms with Crippen molar-refractivity contribution in [3.8, 4) is 0 Å². The largest absolute Gasteiger partial charge is 0.349 e. The van der Waals surface area contributed by atoms with E-state index in [1.807, 2.05) is 46.9 Å².